The second-order valence-electron chi connectivity index (χ2n) is 4.34. The second-order valence-corrected chi connectivity index (χ2v) is 4.34. The quantitative estimate of drug-likeness (QED) is 0.679. The number of carbonyl (C=O) groups excluding carboxylic acids is 1. The third kappa shape index (κ3) is 4.50. The average molecular weight is 255 g/mol. The molecule has 100 valence electrons. The number of nitrogens with one attached hydrogen (secondary N) is 1. The third-order valence-corrected chi connectivity index (χ3v) is 2.11. The normalized spacial score (nSPS) is 12.4. The van der Waals surface area contributed by atoms with E-state index in [0.717, 1.165) is 6.54 Å². The van der Waals surface area contributed by atoms with Crippen LogP contribution in [0.3, 0.4) is 0 Å². The summed E-state index contributed by atoms with van der Waals surface area (Å²) in [6.45, 7) is 2.57. The van der Waals surface area contributed by atoms with E-state index in [1.807, 2.05) is 25.9 Å². The highest BCUT2D eigenvalue weighted by molar-refractivity contribution is 5.84. The Hall–Kier alpha value is -1.96. The number of likely N-dealkylation sites (N-methyl/N-ethyl adjacent to an activating group) is 1. The minimum absolute atomic E-state index is 0.00923. The number of rotatable bonds is 6. The Balaban J connectivity index is 2.46. The lowest BCUT2D eigenvalue weighted by Crippen LogP contribution is -2.41. The molecule has 1 atom stereocenters. The number of nitrogens with zero attached hydrogens (tertiary/aromatic N) is 4. The summed E-state index contributed by atoms with van der Waals surface area (Å²) in [5, 5.41) is 18.4. The van der Waals surface area contributed by atoms with E-state index < -0.39 is 5.97 Å². The van der Waals surface area contributed by atoms with Crippen LogP contribution in [-0.4, -0.2) is 63.6 Å². The summed E-state index contributed by atoms with van der Waals surface area (Å²) in [4.78, 5) is 24.2. The first-order valence-electron chi connectivity index (χ1n) is 5.46. The van der Waals surface area contributed by atoms with Crippen LogP contribution < -0.4 is 5.32 Å². The molecule has 0 spiro atoms. The fourth-order valence-corrected chi connectivity index (χ4v) is 1.53. The number of carbonyl (C=O) groups is 2. The summed E-state index contributed by atoms with van der Waals surface area (Å²) in [6, 6.07) is 0.00923. The van der Waals surface area contributed by atoms with Gasteiger partial charge in [0.15, 0.2) is 5.69 Å². The summed E-state index contributed by atoms with van der Waals surface area (Å²) >= 11 is 0. The van der Waals surface area contributed by atoms with E-state index in [9.17, 15) is 9.59 Å². The Bertz CT molecular complexity index is 429. The van der Waals surface area contributed by atoms with Gasteiger partial charge in [-0.1, -0.05) is 5.21 Å². The maximum absolute atomic E-state index is 11.6. The van der Waals surface area contributed by atoms with Crippen molar-refractivity contribution in [1.29, 1.82) is 0 Å². The maximum Gasteiger partial charge on any atom is 0.358 e. The van der Waals surface area contributed by atoms with Crippen molar-refractivity contribution < 1.29 is 14.7 Å². The van der Waals surface area contributed by atoms with Crippen molar-refractivity contribution in [3.8, 4) is 0 Å². The molecule has 1 rings (SSSR count). The molecular formula is C10H17N5O3. The predicted octanol–water partition coefficient (Wildman–Crippen LogP) is -0.957. The van der Waals surface area contributed by atoms with Gasteiger partial charge in [-0.25, -0.2) is 9.48 Å². The topological polar surface area (TPSA) is 100 Å². The Morgan fingerprint density at radius 1 is 1.56 bits per heavy atom. The van der Waals surface area contributed by atoms with Crippen LogP contribution in [0.5, 0.6) is 0 Å². The minimum Gasteiger partial charge on any atom is -0.476 e. The van der Waals surface area contributed by atoms with Gasteiger partial charge in [-0.2, -0.15) is 0 Å². The largest absolute Gasteiger partial charge is 0.476 e. The van der Waals surface area contributed by atoms with Crippen LogP contribution in [0.25, 0.3) is 0 Å². The number of amides is 1. The molecule has 0 aliphatic heterocycles. The lowest BCUT2D eigenvalue weighted by atomic mass is 10.3. The van der Waals surface area contributed by atoms with E-state index in [4.69, 9.17) is 5.11 Å². The van der Waals surface area contributed by atoms with Gasteiger partial charge in [-0.15, -0.1) is 5.10 Å². The molecule has 18 heavy (non-hydrogen) atoms. The van der Waals surface area contributed by atoms with Gasteiger partial charge in [-0.3, -0.25) is 4.79 Å². The summed E-state index contributed by atoms with van der Waals surface area (Å²) in [5.41, 5.74) is -0.177. The third-order valence-electron chi connectivity index (χ3n) is 2.11. The lowest BCUT2D eigenvalue weighted by Gasteiger charge is -2.18. The summed E-state index contributed by atoms with van der Waals surface area (Å²) in [7, 11) is 3.83. The minimum atomic E-state index is -1.16. The fraction of sp³-hybridized carbons (Fsp3) is 0.600. The molecular weight excluding hydrogens is 238 g/mol. The molecule has 0 saturated carbocycles. The van der Waals surface area contributed by atoms with Crippen molar-refractivity contribution in [2.75, 3.05) is 20.6 Å². The Morgan fingerprint density at radius 3 is 2.72 bits per heavy atom. The number of hydrogen-bond acceptors (Lipinski definition) is 5. The van der Waals surface area contributed by atoms with Crippen LogP contribution in [0.1, 0.15) is 17.4 Å². The predicted molar refractivity (Wildman–Crippen MR) is 63.1 cm³/mol. The molecule has 1 aromatic rings. The monoisotopic (exact) mass is 255 g/mol. The van der Waals surface area contributed by atoms with Crippen molar-refractivity contribution in [3.05, 3.63) is 11.9 Å². The molecule has 1 aromatic heterocycles. The molecule has 0 aromatic carbocycles. The zero-order chi connectivity index (χ0) is 13.7. The van der Waals surface area contributed by atoms with E-state index in [1.54, 1.807) is 0 Å². The number of hydrogen-bond donors (Lipinski definition) is 2. The molecule has 0 saturated heterocycles. The van der Waals surface area contributed by atoms with Gasteiger partial charge in [0.25, 0.3) is 0 Å². The molecule has 2 N–H and O–H groups in total. The second kappa shape index (κ2) is 6.10. The van der Waals surface area contributed by atoms with Crippen LogP contribution in [0, 0.1) is 0 Å². The van der Waals surface area contributed by atoms with Gasteiger partial charge in [0, 0.05) is 12.6 Å². The lowest BCUT2D eigenvalue weighted by molar-refractivity contribution is -0.122. The molecule has 1 heterocycles. The van der Waals surface area contributed by atoms with Crippen LogP contribution in [0.2, 0.25) is 0 Å². The summed E-state index contributed by atoms with van der Waals surface area (Å²) in [5.74, 6) is -1.39. The smallest absolute Gasteiger partial charge is 0.358 e. The number of carboxylic acids is 1. The molecule has 0 fully saturated rings. The molecule has 0 aliphatic carbocycles. The molecule has 0 bridgehead atoms. The van der Waals surface area contributed by atoms with Gasteiger partial charge >= 0.3 is 5.97 Å². The maximum atomic E-state index is 11.6. The Morgan fingerprint density at radius 2 is 2.22 bits per heavy atom. The van der Waals surface area contributed by atoms with Crippen molar-refractivity contribution in [2.45, 2.75) is 19.5 Å². The fourth-order valence-electron chi connectivity index (χ4n) is 1.53. The standard InChI is InChI=1S/C10H17N5O3/c1-7(4-14(2)3)11-9(16)6-15-5-8(10(17)18)12-13-15/h5,7H,4,6H2,1-3H3,(H,11,16)(H,17,18). The molecule has 0 radical (unpaired) electrons. The first-order chi connectivity index (χ1) is 8.38. The van der Waals surface area contributed by atoms with Crippen molar-refractivity contribution in [3.63, 3.8) is 0 Å². The van der Waals surface area contributed by atoms with Crippen LogP contribution in [-0.2, 0) is 11.3 Å². The van der Waals surface area contributed by atoms with Gasteiger partial charge in [0.05, 0.1) is 6.20 Å². The Labute approximate surface area is 105 Å². The van der Waals surface area contributed by atoms with E-state index in [-0.39, 0.29) is 24.2 Å². The molecule has 0 aliphatic rings. The average Bonchev–Trinajstić information content (AvgIpc) is 2.63. The van der Waals surface area contributed by atoms with E-state index in [0.29, 0.717) is 0 Å². The molecule has 1 amide bonds. The SMILES string of the molecule is CC(CN(C)C)NC(=O)Cn1cc(C(=O)O)nn1. The van der Waals surface area contributed by atoms with E-state index in [2.05, 4.69) is 15.6 Å². The van der Waals surface area contributed by atoms with Crippen molar-refractivity contribution in [2.24, 2.45) is 0 Å². The molecule has 8 nitrogen and oxygen atoms in total. The highest BCUT2D eigenvalue weighted by Crippen LogP contribution is 1.93. The summed E-state index contributed by atoms with van der Waals surface area (Å²) in [6.07, 6.45) is 1.22. The van der Waals surface area contributed by atoms with Crippen LogP contribution >= 0.6 is 0 Å². The van der Waals surface area contributed by atoms with Crippen LogP contribution in [0.15, 0.2) is 6.20 Å². The van der Waals surface area contributed by atoms with Gasteiger partial charge < -0.3 is 15.3 Å². The number of carboxylic acid groups (broad SMARTS) is 1. The molecule has 8 heteroatoms. The van der Waals surface area contributed by atoms with E-state index in [1.165, 1.54) is 10.9 Å². The zero-order valence-corrected chi connectivity index (χ0v) is 10.6. The van der Waals surface area contributed by atoms with Crippen LogP contribution in [0.4, 0.5) is 0 Å². The van der Waals surface area contributed by atoms with Crippen molar-refractivity contribution in [1.82, 2.24) is 25.2 Å². The van der Waals surface area contributed by atoms with Gasteiger partial charge in [0.1, 0.15) is 6.54 Å². The van der Waals surface area contributed by atoms with Gasteiger partial charge in [-0.05, 0) is 21.0 Å². The van der Waals surface area contributed by atoms with E-state index >= 15 is 0 Å². The van der Waals surface area contributed by atoms with Crippen molar-refractivity contribution >= 4 is 11.9 Å². The number of aromatic nitrogens is 3. The highest BCUT2D eigenvalue weighted by Gasteiger charge is 2.12. The first-order valence-corrected chi connectivity index (χ1v) is 5.46. The van der Waals surface area contributed by atoms with Gasteiger partial charge in [0.2, 0.25) is 5.91 Å². The summed E-state index contributed by atoms with van der Waals surface area (Å²) < 4.78 is 1.20. The first kappa shape index (κ1) is 14.1. The number of aromatic carboxylic acids is 1. The Kier molecular flexibility index (Phi) is 4.78. The highest BCUT2D eigenvalue weighted by atomic mass is 16.4. The molecule has 1 unspecified atom stereocenters. The zero-order valence-electron chi connectivity index (χ0n) is 10.6.